The molecule has 178 valence electrons. The van der Waals surface area contributed by atoms with Gasteiger partial charge >= 0.3 is 17.9 Å². The van der Waals surface area contributed by atoms with Crippen LogP contribution in [0.1, 0.15) is 73.6 Å². The number of carbonyl (C=O) groups excluding carboxylic acids is 3. The van der Waals surface area contributed by atoms with Crippen LogP contribution in [0.15, 0.2) is 22.8 Å². The summed E-state index contributed by atoms with van der Waals surface area (Å²) in [5, 5.41) is 11.5. The second-order valence-corrected chi connectivity index (χ2v) is 9.56. The molecular formula is C24H34O8. The molecule has 3 rings (SSSR count). The summed E-state index contributed by atoms with van der Waals surface area (Å²) in [6, 6.07) is 0. The van der Waals surface area contributed by atoms with Gasteiger partial charge in [-0.3, -0.25) is 9.59 Å². The van der Waals surface area contributed by atoms with Gasteiger partial charge in [0.1, 0.15) is 5.60 Å². The Morgan fingerprint density at radius 3 is 2.44 bits per heavy atom. The van der Waals surface area contributed by atoms with Crippen LogP contribution in [0, 0.1) is 5.92 Å². The highest BCUT2D eigenvalue weighted by molar-refractivity contribution is 5.92. The van der Waals surface area contributed by atoms with E-state index in [-0.39, 0.29) is 29.6 Å². The fraction of sp³-hybridized carbons (Fsp3) is 0.708. The average molecular weight is 451 g/mol. The Morgan fingerprint density at radius 1 is 1.16 bits per heavy atom. The van der Waals surface area contributed by atoms with Gasteiger partial charge in [-0.1, -0.05) is 18.6 Å². The Morgan fingerprint density at radius 2 is 1.81 bits per heavy atom. The molecular weight excluding hydrogens is 416 g/mol. The molecule has 1 N–H and O–H groups in total. The van der Waals surface area contributed by atoms with Gasteiger partial charge in [0, 0.05) is 25.8 Å². The summed E-state index contributed by atoms with van der Waals surface area (Å²) < 4.78 is 23.2. The van der Waals surface area contributed by atoms with E-state index in [2.05, 4.69) is 6.92 Å². The normalized spacial score (nSPS) is 39.6. The Labute approximate surface area is 188 Å². The molecule has 2 bridgehead atoms. The van der Waals surface area contributed by atoms with E-state index in [1.165, 1.54) is 20.8 Å². The van der Waals surface area contributed by atoms with E-state index in [0.717, 1.165) is 24.8 Å². The Kier molecular flexibility index (Phi) is 6.86. The van der Waals surface area contributed by atoms with Gasteiger partial charge in [0.25, 0.3) is 0 Å². The van der Waals surface area contributed by atoms with Gasteiger partial charge in [-0.2, -0.15) is 0 Å². The lowest BCUT2D eigenvalue weighted by Gasteiger charge is -2.40. The topological polar surface area (TPSA) is 108 Å². The molecule has 6 atom stereocenters. The molecule has 0 aromatic heterocycles. The summed E-state index contributed by atoms with van der Waals surface area (Å²) in [7, 11) is 0. The zero-order chi connectivity index (χ0) is 23.8. The Balaban J connectivity index is 2.20. The Hall–Kier alpha value is -2.19. The van der Waals surface area contributed by atoms with Crippen molar-refractivity contribution in [3.8, 4) is 0 Å². The highest BCUT2D eigenvalue weighted by atomic mass is 16.7. The summed E-state index contributed by atoms with van der Waals surface area (Å²) in [6.45, 7) is 9.81. The lowest BCUT2D eigenvalue weighted by molar-refractivity contribution is -0.205. The van der Waals surface area contributed by atoms with Gasteiger partial charge in [0.05, 0.1) is 11.7 Å². The van der Waals surface area contributed by atoms with Crippen LogP contribution in [0.5, 0.6) is 0 Å². The number of carbonyl (C=O) groups is 3. The maximum absolute atomic E-state index is 12.5. The number of allylic oxidation sites excluding steroid dienone is 1. The minimum Gasteiger partial charge on any atom is -0.455 e. The highest BCUT2D eigenvalue weighted by Crippen LogP contribution is 2.46. The third-order valence-electron chi connectivity index (χ3n) is 6.75. The molecule has 3 heterocycles. The fourth-order valence-corrected chi connectivity index (χ4v) is 5.12. The average Bonchev–Trinajstić information content (AvgIpc) is 3.16. The van der Waals surface area contributed by atoms with Crippen molar-refractivity contribution in [3.63, 3.8) is 0 Å². The van der Waals surface area contributed by atoms with Crippen LogP contribution in [0.4, 0.5) is 0 Å². The predicted molar refractivity (Wildman–Crippen MR) is 114 cm³/mol. The first-order chi connectivity index (χ1) is 14.9. The van der Waals surface area contributed by atoms with Gasteiger partial charge in [-0.15, -0.1) is 0 Å². The predicted octanol–water partition coefficient (Wildman–Crippen LogP) is 3.12. The van der Waals surface area contributed by atoms with Crippen LogP contribution < -0.4 is 0 Å². The molecule has 1 fully saturated rings. The summed E-state index contributed by atoms with van der Waals surface area (Å²) in [5.74, 6) is -3.69. The van der Waals surface area contributed by atoms with Crippen LogP contribution in [-0.4, -0.2) is 52.7 Å². The molecule has 1 unspecified atom stereocenters. The second kappa shape index (κ2) is 8.98. The van der Waals surface area contributed by atoms with E-state index in [1.807, 2.05) is 19.9 Å². The molecule has 3 aliphatic rings. The van der Waals surface area contributed by atoms with Gasteiger partial charge in [0.15, 0.2) is 12.2 Å². The summed E-state index contributed by atoms with van der Waals surface area (Å²) in [6.07, 6.45) is 2.64. The van der Waals surface area contributed by atoms with Crippen molar-refractivity contribution >= 4 is 17.9 Å². The molecule has 0 amide bonds. The highest BCUT2D eigenvalue weighted by Gasteiger charge is 2.57. The van der Waals surface area contributed by atoms with Crippen LogP contribution in [-0.2, 0) is 33.3 Å². The first kappa shape index (κ1) is 24.5. The van der Waals surface area contributed by atoms with Crippen molar-refractivity contribution < 1.29 is 38.4 Å². The van der Waals surface area contributed by atoms with Crippen LogP contribution >= 0.6 is 0 Å². The van der Waals surface area contributed by atoms with E-state index in [1.54, 1.807) is 0 Å². The molecule has 3 aliphatic heterocycles. The molecule has 0 radical (unpaired) electrons. The fourth-order valence-electron chi connectivity index (χ4n) is 5.12. The van der Waals surface area contributed by atoms with Crippen LogP contribution in [0.3, 0.4) is 0 Å². The van der Waals surface area contributed by atoms with Crippen LogP contribution in [0.25, 0.3) is 0 Å². The number of rotatable bonds is 2. The molecule has 0 saturated carbocycles. The lowest BCUT2D eigenvalue weighted by atomic mass is 9.82. The number of fused-ring (bicyclic) bond motifs is 3. The maximum Gasteiger partial charge on any atom is 0.336 e. The number of ether oxygens (including phenoxy) is 4. The molecule has 32 heavy (non-hydrogen) atoms. The van der Waals surface area contributed by atoms with E-state index < -0.39 is 41.5 Å². The summed E-state index contributed by atoms with van der Waals surface area (Å²) in [5.41, 5.74) is 0.0744. The van der Waals surface area contributed by atoms with Gasteiger partial charge < -0.3 is 24.1 Å². The number of aliphatic hydroxyl groups is 1. The summed E-state index contributed by atoms with van der Waals surface area (Å²) >= 11 is 0. The van der Waals surface area contributed by atoms with Crippen molar-refractivity contribution in [2.24, 2.45) is 5.92 Å². The first-order valence-corrected chi connectivity index (χ1v) is 11.2. The molecule has 1 saturated heterocycles. The smallest absolute Gasteiger partial charge is 0.336 e. The van der Waals surface area contributed by atoms with Crippen molar-refractivity contribution in [2.75, 3.05) is 0 Å². The quantitative estimate of drug-likeness (QED) is 0.388. The van der Waals surface area contributed by atoms with Gasteiger partial charge in [-0.25, -0.2) is 4.79 Å². The van der Waals surface area contributed by atoms with Crippen molar-refractivity contribution in [1.82, 2.24) is 0 Å². The summed E-state index contributed by atoms with van der Waals surface area (Å²) in [4.78, 5) is 36.8. The third-order valence-corrected chi connectivity index (χ3v) is 6.75. The van der Waals surface area contributed by atoms with Crippen LogP contribution in [0.2, 0.25) is 0 Å². The molecule has 8 heteroatoms. The standard InChI is InChI=1S/C24H34O8/c1-13-8-7-9-14(2)18-10-11-23(6,31-18)21(30-17(5)26)20(29-16(4)25)19-15(3)22(27)32-24(19,28)12-13/h8,14,18,20-21,28H,7,9-12H2,1-6H3/b13-8+/t14-,18+,20-,21+,23-,24?/m1/s1. The zero-order valence-corrected chi connectivity index (χ0v) is 19.7. The molecule has 8 nitrogen and oxygen atoms in total. The number of hydrogen-bond acceptors (Lipinski definition) is 8. The zero-order valence-electron chi connectivity index (χ0n) is 19.7. The first-order valence-electron chi connectivity index (χ1n) is 11.2. The number of esters is 3. The van der Waals surface area contributed by atoms with Crippen molar-refractivity contribution in [3.05, 3.63) is 22.8 Å². The van der Waals surface area contributed by atoms with E-state index in [9.17, 15) is 19.5 Å². The molecule has 0 aromatic rings. The molecule has 0 aliphatic carbocycles. The van der Waals surface area contributed by atoms with E-state index >= 15 is 0 Å². The van der Waals surface area contributed by atoms with E-state index in [0.29, 0.717) is 6.42 Å². The maximum atomic E-state index is 12.5. The third kappa shape index (κ3) is 4.76. The number of hydrogen-bond donors (Lipinski definition) is 1. The lowest BCUT2D eigenvalue weighted by Crippen LogP contribution is -2.54. The molecule has 0 spiro atoms. The monoisotopic (exact) mass is 450 g/mol. The minimum atomic E-state index is -2.02. The Bertz CT molecular complexity index is 858. The second-order valence-electron chi connectivity index (χ2n) is 9.56. The van der Waals surface area contributed by atoms with E-state index in [4.69, 9.17) is 18.9 Å². The van der Waals surface area contributed by atoms with Crippen molar-refractivity contribution in [1.29, 1.82) is 0 Å². The van der Waals surface area contributed by atoms with Gasteiger partial charge in [0.2, 0.25) is 5.79 Å². The van der Waals surface area contributed by atoms with Gasteiger partial charge in [-0.05, 0) is 52.4 Å². The SMILES string of the molecule is CC(=O)O[C@@H]1C2=C(C)C(=O)OC2(O)C/C(C)=C/CC[C@@H](C)[C@@H]2CC[C@@](C)(O2)[C@H]1OC(C)=O. The molecule has 0 aromatic carbocycles. The van der Waals surface area contributed by atoms with Crippen molar-refractivity contribution in [2.45, 2.75) is 103 Å². The minimum absolute atomic E-state index is 0.0192. The largest absolute Gasteiger partial charge is 0.455 e.